The van der Waals surface area contributed by atoms with Gasteiger partial charge in [-0.2, -0.15) is 0 Å². The second-order valence-corrected chi connectivity index (χ2v) is 6.68. The minimum absolute atomic E-state index is 0.325. The van der Waals surface area contributed by atoms with Gasteiger partial charge in [-0.25, -0.2) is 9.48 Å². The molecule has 0 bridgehead atoms. The molecule has 5 nitrogen and oxygen atoms in total. The zero-order valence-electron chi connectivity index (χ0n) is 16.3. The standard InChI is InChI=1S/C23H25N3O2/c1-3-4-15-28-22(27)14-13-20-12-8-9-18(2)23(20)21-17-26(25-24-21)16-19-10-6-5-7-11-19/h5-14,17H,3-4,15-16H2,1-2H3/b14-13+. The van der Waals surface area contributed by atoms with Gasteiger partial charge in [-0.3, -0.25) is 0 Å². The van der Waals surface area contributed by atoms with Crippen molar-refractivity contribution in [3.63, 3.8) is 0 Å². The van der Waals surface area contributed by atoms with E-state index in [0.29, 0.717) is 13.2 Å². The highest BCUT2D eigenvalue weighted by Gasteiger charge is 2.11. The molecule has 1 aromatic heterocycles. The molecule has 1 heterocycles. The topological polar surface area (TPSA) is 57.0 Å². The molecular formula is C23H25N3O2. The number of carbonyl (C=O) groups excluding carboxylic acids is 1. The van der Waals surface area contributed by atoms with Crippen LogP contribution in [0.25, 0.3) is 17.3 Å². The number of nitrogens with zero attached hydrogens (tertiary/aromatic N) is 3. The smallest absolute Gasteiger partial charge is 0.330 e. The Bertz CT molecular complexity index is 945. The molecule has 0 radical (unpaired) electrons. The van der Waals surface area contributed by atoms with Crippen LogP contribution in [0.2, 0.25) is 0 Å². The Morgan fingerprint density at radius 3 is 2.75 bits per heavy atom. The molecular weight excluding hydrogens is 350 g/mol. The number of unbranched alkanes of at least 4 members (excludes halogenated alkanes) is 1. The highest BCUT2D eigenvalue weighted by molar-refractivity contribution is 5.89. The van der Waals surface area contributed by atoms with Gasteiger partial charge in [0.1, 0.15) is 5.69 Å². The predicted octanol–water partition coefficient (Wildman–Crippen LogP) is 4.66. The summed E-state index contributed by atoms with van der Waals surface area (Å²) >= 11 is 0. The molecule has 3 rings (SSSR count). The lowest BCUT2D eigenvalue weighted by Crippen LogP contribution is -2.01. The Balaban J connectivity index is 1.80. The molecule has 0 spiro atoms. The maximum Gasteiger partial charge on any atom is 0.330 e. The second kappa shape index (κ2) is 9.65. The molecule has 144 valence electrons. The molecule has 0 aliphatic heterocycles. The Labute approximate surface area is 165 Å². The van der Waals surface area contributed by atoms with Crippen molar-refractivity contribution < 1.29 is 9.53 Å². The van der Waals surface area contributed by atoms with Crippen LogP contribution in [-0.2, 0) is 16.1 Å². The van der Waals surface area contributed by atoms with Gasteiger partial charge in [0.05, 0.1) is 19.3 Å². The fourth-order valence-electron chi connectivity index (χ4n) is 2.96. The quantitative estimate of drug-likeness (QED) is 0.326. The molecule has 0 unspecified atom stereocenters. The van der Waals surface area contributed by atoms with Crippen LogP contribution in [0.1, 0.15) is 36.5 Å². The fraction of sp³-hybridized carbons (Fsp3) is 0.261. The van der Waals surface area contributed by atoms with Crippen LogP contribution in [0.15, 0.2) is 60.8 Å². The van der Waals surface area contributed by atoms with Gasteiger partial charge >= 0.3 is 5.97 Å². The van der Waals surface area contributed by atoms with Crippen LogP contribution in [-0.4, -0.2) is 27.6 Å². The molecule has 0 atom stereocenters. The van der Waals surface area contributed by atoms with Crippen molar-refractivity contribution in [1.82, 2.24) is 15.0 Å². The first-order chi connectivity index (χ1) is 13.7. The summed E-state index contributed by atoms with van der Waals surface area (Å²) < 4.78 is 7.02. The Morgan fingerprint density at radius 1 is 1.14 bits per heavy atom. The van der Waals surface area contributed by atoms with Gasteiger partial charge in [-0.15, -0.1) is 5.10 Å². The first-order valence-corrected chi connectivity index (χ1v) is 9.56. The summed E-state index contributed by atoms with van der Waals surface area (Å²) in [5, 5.41) is 8.62. The van der Waals surface area contributed by atoms with Crippen molar-refractivity contribution >= 4 is 12.0 Å². The molecule has 5 heteroatoms. The number of ether oxygens (including phenoxy) is 1. The minimum Gasteiger partial charge on any atom is -0.463 e. The molecule has 0 fully saturated rings. The van der Waals surface area contributed by atoms with E-state index in [9.17, 15) is 4.79 Å². The maximum absolute atomic E-state index is 11.9. The third-order valence-corrected chi connectivity index (χ3v) is 4.43. The van der Waals surface area contributed by atoms with E-state index in [1.54, 1.807) is 6.08 Å². The number of rotatable bonds is 8. The molecule has 0 saturated carbocycles. The van der Waals surface area contributed by atoms with E-state index < -0.39 is 0 Å². The number of aromatic nitrogens is 3. The SMILES string of the molecule is CCCCOC(=O)/C=C/c1cccc(C)c1-c1cn(Cc2ccccc2)nn1. The second-order valence-electron chi connectivity index (χ2n) is 6.68. The van der Waals surface area contributed by atoms with Crippen molar-refractivity contribution in [3.8, 4) is 11.3 Å². The summed E-state index contributed by atoms with van der Waals surface area (Å²) in [6, 6.07) is 16.1. The summed E-state index contributed by atoms with van der Waals surface area (Å²) in [5.41, 5.74) is 4.92. The molecule has 28 heavy (non-hydrogen) atoms. The van der Waals surface area contributed by atoms with Crippen LogP contribution in [0, 0.1) is 6.92 Å². The van der Waals surface area contributed by atoms with E-state index in [2.05, 4.69) is 29.4 Å². The molecule has 0 amide bonds. The van der Waals surface area contributed by atoms with Crippen LogP contribution in [0.5, 0.6) is 0 Å². The molecule has 0 aliphatic carbocycles. The van der Waals surface area contributed by atoms with E-state index in [1.807, 2.05) is 54.2 Å². The number of aryl methyl sites for hydroxylation is 1. The normalized spacial score (nSPS) is 11.1. The summed E-state index contributed by atoms with van der Waals surface area (Å²) in [6.07, 6.45) is 7.07. The molecule has 3 aromatic rings. The van der Waals surface area contributed by atoms with Crippen molar-refractivity contribution in [1.29, 1.82) is 0 Å². The van der Waals surface area contributed by atoms with Gasteiger partial charge in [0.2, 0.25) is 0 Å². The van der Waals surface area contributed by atoms with Gasteiger partial charge in [0.15, 0.2) is 0 Å². The highest BCUT2D eigenvalue weighted by atomic mass is 16.5. The van der Waals surface area contributed by atoms with Crippen LogP contribution < -0.4 is 0 Å². The van der Waals surface area contributed by atoms with Crippen LogP contribution >= 0.6 is 0 Å². The van der Waals surface area contributed by atoms with E-state index in [0.717, 1.165) is 35.2 Å². The first-order valence-electron chi connectivity index (χ1n) is 9.56. The first kappa shape index (κ1) is 19.5. The maximum atomic E-state index is 11.9. The molecule has 0 aliphatic rings. The third kappa shape index (κ3) is 5.16. The van der Waals surface area contributed by atoms with Crippen LogP contribution in [0.3, 0.4) is 0 Å². The van der Waals surface area contributed by atoms with E-state index >= 15 is 0 Å². The van der Waals surface area contributed by atoms with Gasteiger partial charge in [-0.05, 0) is 36.1 Å². The minimum atomic E-state index is -0.325. The number of hydrogen-bond donors (Lipinski definition) is 0. The van der Waals surface area contributed by atoms with Crippen molar-refractivity contribution in [2.45, 2.75) is 33.2 Å². The van der Waals surface area contributed by atoms with Crippen molar-refractivity contribution in [2.75, 3.05) is 6.61 Å². The van der Waals surface area contributed by atoms with Gasteiger partial charge in [-0.1, -0.05) is 67.1 Å². The van der Waals surface area contributed by atoms with E-state index in [1.165, 1.54) is 11.6 Å². The van der Waals surface area contributed by atoms with E-state index in [-0.39, 0.29) is 5.97 Å². The number of hydrogen-bond acceptors (Lipinski definition) is 4. The van der Waals surface area contributed by atoms with Gasteiger partial charge in [0, 0.05) is 11.6 Å². The fourth-order valence-corrected chi connectivity index (χ4v) is 2.96. The molecule has 0 saturated heterocycles. The lowest BCUT2D eigenvalue weighted by molar-refractivity contribution is -0.137. The Kier molecular flexibility index (Phi) is 6.73. The summed E-state index contributed by atoms with van der Waals surface area (Å²) in [5.74, 6) is -0.325. The molecule has 2 aromatic carbocycles. The Hall–Kier alpha value is -3.21. The van der Waals surface area contributed by atoms with Crippen molar-refractivity contribution in [2.24, 2.45) is 0 Å². The number of esters is 1. The average Bonchev–Trinajstić information content (AvgIpc) is 3.15. The summed E-state index contributed by atoms with van der Waals surface area (Å²) in [4.78, 5) is 11.9. The summed E-state index contributed by atoms with van der Waals surface area (Å²) in [7, 11) is 0. The lowest BCUT2D eigenvalue weighted by atomic mass is 9.99. The number of carbonyl (C=O) groups is 1. The Morgan fingerprint density at radius 2 is 1.96 bits per heavy atom. The lowest BCUT2D eigenvalue weighted by Gasteiger charge is -2.07. The number of benzene rings is 2. The third-order valence-electron chi connectivity index (χ3n) is 4.43. The van der Waals surface area contributed by atoms with Gasteiger partial charge in [0.25, 0.3) is 0 Å². The van der Waals surface area contributed by atoms with Gasteiger partial charge < -0.3 is 4.74 Å². The summed E-state index contributed by atoms with van der Waals surface area (Å²) in [6.45, 7) is 5.21. The average molecular weight is 375 g/mol. The van der Waals surface area contributed by atoms with Crippen LogP contribution in [0.4, 0.5) is 0 Å². The van der Waals surface area contributed by atoms with E-state index in [4.69, 9.17) is 4.74 Å². The zero-order valence-corrected chi connectivity index (χ0v) is 16.3. The molecule has 0 N–H and O–H groups in total. The largest absolute Gasteiger partial charge is 0.463 e. The highest BCUT2D eigenvalue weighted by Crippen LogP contribution is 2.26. The van der Waals surface area contributed by atoms with Crippen molar-refractivity contribution in [3.05, 3.63) is 77.5 Å². The monoisotopic (exact) mass is 375 g/mol. The predicted molar refractivity (Wildman–Crippen MR) is 111 cm³/mol. The zero-order chi connectivity index (χ0) is 19.8.